The van der Waals surface area contributed by atoms with Crippen LogP contribution in [0.5, 0.6) is 0 Å². The number of hydrogen-bond acceptors (Lipinski definition) is 3. The minimum Gasteiger partial charge on any atom is -0.477 e. The molecule has 3 nitrogen and oxygen atoms in total. The Labute approximate surface area is 100 Å². The number of thiophene rings is 1. The number of hydrogen-bond donors (Lipinski definition) is 1. The maximum Gasteiger partial charge on any atom is 0.345 e. The van der Waals surface area contributed by atoms with E-state index in [1.54, 1.807) is 0 Å². The fraction of sp³-hybridized carbons (Fsp3) is 0. The highest BCUT2D eigenvalue weighted by atomic mass is 32.1. The Morgan fingerprint density at radius 3 is 2.65 bits per heavy atom. The van der Waals surface area contributed by atoms with Crippen molar-refractivity contribution >= 4 is 23.6 Å². The molecule has 1 heterocycles. The number of halogens is 1. The van der Waals surface area contributed by atoms with Gasteiger partial charge >= 0.3 is 5.97 Å². The first kappa shape index (κ1) is 11.5. The summed E-state index contributed by atoms with van der Waals surface area (Å²) in [5.41, 5.74) is 0.365. The van der Waals surface area contributed by atoms with Crippen molar-refractivity contribution < 1.29 is 19.1 Å². The normalized spacial score (nSPS) is 10.2. The Balaban J connectivity index is 2.59. The van der Waals surface area contributed by atoms with Crippen LogP contribution in [0.25, 0.3) is 10.4 Å². The van der Waals surface area contributed by atoms with Crippen LogP contribution in [0, 0.1) is 5.82 Å². The van der Waals surface area contributed by atoms with E-state index < -0.39 is 11.8 Å². The Hall–Kier alpha value is -2.01. The molecule has 5 heteroatoms. The molecular weight excluding hydrogens is 243 g/mol. The number of rotatable bonds is 3. The molecule has 0 atom stereocenters. The molecule has 1 N–H and O–H groups in total. The third-order valence-electron chi connectivity index (χ3n) is 2.24. The molecule has 2 aromatic rings. The van der Waals surface area contributed by atoms with Crippen molar-refractivity contribution in [2.75, 3.05) is 0 Å². The largest absolute Gasteiger partial charge is 0.477 e. The average Bonchev–Trinajstić information content (AvgIpc) is 2.77. The standard InChI is InChI=1S/C12H7FO3S/c13-8-3-1-2-7(6-14)11(8)9-4-5-10(17-9)12(15)16/h1-6H,(H,15,16). The number of aldehydes is 1. The SMILES string of the molecule is O=Cc1cccc(F)c1-c1ccc(C(=O)O)s1. The van der Waals surface area contributed by atoms with Crippen molar-refractivity contribution in [2.24, 2.45) is 0 Å². The van der Waals surface area contributed by atoms with Gasteiger partial charge < -0.3 is 5.11 Å². The predicted octanol–water partition coefficient (Wildman–Crippen LogP) is 3.06. The maximum absolute atomic E-state index is 13.6. The molecule has 0 unspecified atom stereocenters. The zero-order valence-corrected chi connectivity index (χ0v) is 9.33. The van der Waals surface area contributed by atoms with Crippen LogP contribution in [0.15, 0.2) is 30.3 Å². The van der Waals surface area contributed by atoms with E-state index in [0.29, 0.717) is 11.2 Å². The Morgan fingerprint density at radius 1 is 1.29 bits per heavy atom. The van der Waals surface area contributed by atoms with Gasteiger partial charge in [-0.1, -0.05) is 12.1 Å². The third-order valence-corrected chi connectivity index (χ3v) is 3.33. The smallest absolute Gasteiger partial charge is 0.345 e. The minimum absolute atomic E-state index is 0.111. The van der Waals surface area contributed by atoms with E-state index in [0.717, 1.165) is 11.3 Å². The molecule has 0 radical (unpaired) electrons. The summed E-state index contributed by atoms with van der Waals surface area (Å²) < 4.78 is 13.6. The lowest BCUT2D eigenvalue weighted by Crippen LogP contribution is -1.90. The highest BCUT2D eigenvalue weighted by Crippen LogP contribution is 2.32. The van der Waals surface area contributed by atoms with Crippen molar-refractivity contribution in [3.05, 3.63) is 46.6 Å². The van der Waals surface area contributed by atoms with E-state index in [2.05, 4.69) is 0 Å². The molecule has 0 amide bonds. The molecule has 0 saturated carbocycles. The summed E-state index contributed by atoms with van der Waals surface area (Å²) in [5.74, 6) is -1.60. The van der Waals surface area contributed by atoms with Gasteiger partial charge in [-0.25, -0.2) is 9.18 Å². The van der Waals surface area contributed by atoms with E-state index >= 15 is 0 Å². The summed E-state index contributed by atoms with van der Waals surface area (Å²) >= 11 is 0.939. The molecule has 17 heavy (non-hydrogen) atoms. The Bertz CT molecular complexity index is 589. The fourth-order valence-corrected chi connectivity index (χ4v) is 2.40. The van der Waals surface area contributed by atoms with E-state index in [1.165, 1.54) is 30.3 Å². The van der Waals surface area contributed by atoms with Gasteiger partial charge in [0.25, 0.3) is 0 Å². The molecule has 0 bridgehead atoms. The van der Waals surface area contributed by atoms with Crippen LogP contribution in [-0.2, 0) is 0 Å². The van der Waals surface area contributed by atoms with Gasteiger partial charge in [0.05, 0.1) is 0 Å². The molecule has 0 aliphatic heterocycles. The second kappa shape index (κ2) is 4.47. The van der Waals surface area contributed by atoms with Crippen molar-refractivity contribution in [1.29, 1.82) is 0 Å². The minimum atomic E-state index is -1.06. The lowest BCUT2D eigenvalue weighted by molar-refractivity contribution is 0.0702. The lowest BCUT2D eigenvalue weighted by Gasteiger charge is -2.02. The number of carbonyl (C=O) groups excluding carboxylic acids is 1. The second-order valence-electron chi connectivity index (χ2n) is 3.29. The number of carboxylic acid groups (broad SMARTS) is 1. The van der Waals surface area contributed by atoms with Crippen molar-refractivity contribution in [1.82, 2.24) is 0 Å². The van der Waals surface area contributed by atoms with Gasteiger partial charge in [-0.2, -0.15) is 0 Å². The van der Waals surface area contributed by atoms with Crippen LogP contribution in [0.4, 0.5) is 4.39 Å². The second-order valence-corrected chi connectivity index (χ2v) is 4.37. The quantitative estimate of drug-likeness (QED) is 0.852. The molecule has 1 aromatic heterocycles. The van der Waals surface area contributed by atoms with Crippen molar-refractivity contribution in [3.8, 4) is 10.4 Å². The summed E-state index contributed by atoms with van der Waals surface area (Å²) in [6, 6.07) is 7.06. The summed E-state index contributed by atoms with van der Waals surface area (Å²) in [7, 11) is 0. The van der Waals surface area contributed by atoms with Crippen molar-refractivity contribution in [3.63, 3.8) is 0 Å². The van der Waals surface area contributed by atoms with Gasteiger partial charge in [-0.05, 0) is 18.2 Å². The van der Waals surface area contributed by atoms with Crippen LogP contribution in [0.3, 0.4) is 0 Å². The van der Waals surface area contributed by atoms with Crippen LogP contribution in [0.1, 0.15) is 20.0 Å². The lowest BCUT2D eigenvalue weighted by atomic mass is 10.1. The van der Waals surface area contributed by atoms with Gasteiger partial charge in [-0.15, -0.1) is 11.3 Å². The average molecular weight is 250 g/mol. The summed E-state index contributed by atoms with van der Waals surface area (Å²) in [6.07, 6.45) is 0.554. The van der Waals surface area contributed by atoms with Crippen LogP contribution in [0.2, 0.25) is 0 Å². The highest BCUT2D eigenvalue weighted by Gasteiger charge is 2.14. The summed E-state index contributed by atoms with van der Waals surface area (Å²) in [5, 5.41) is 8.79. The van der Waals surface area contributed by atoms with E-state index in [4.69, 9.17) is 5.11 Å². The van der Waals surface area contributed by atoms with Gasteiger partial charge in [0, 0.05) is 16.0 Å². The molecule has 2 rings (SSSR count). The fourth-order valence-electron chi connectivity index (χ4n) is 1.49. The topological polar surface area (TPSA) is 54.4 Å². The van der Waals surface area contributed by atoms with E-state index in [1.807, 2.05) is 0 Å². The third kappa shape index (κ3) is 2.09. The molecule has 0 spiro atoms. The molecule has 0 aliphatic carbocycles. The predicted molar refractivity (Wildman–Crippen MR) is 62.1 cm³/mol. The summed E-state index contributed by atoms with van der Waals surface area (Å²) in [4.78, 5) is 22.1. The van der Waals surface area contributed by atoms with Crippen LogP contribution < -0.4 is 0 Å². The van der Waals surface area contributed by atoms with Crippen molar-refractivity contribution in [2.45, 2.75) is 0 Å². The van der Waals surface area contributed by atoms with Gasteiger partial charge in [0.2, 0.25) is 0 Å². The zero-order chi connectivity index (χ0) is 12.4. The monoisotopic (exact) mass is 250 g/mol. The zero-order valence-electron chi connectivity index (χ0n) is 8.51. The van der Waals surface area contributed by atoms with Gasteiger partial charge in [-0.3, -0.25) is 4.79 Å². The molecule has 0 aliphatic rings. The number of carboxylic acids is 1. The van der Waals surface area contributed by atoms with E-state index in [9.17, 15) is 14.0 Å². The number of aromatic carboxylic acids is 1. The Morgan fingerprint density at radius 2 is 2.06 bits per heavy atom. The van der Waals surface area contributed by atoms with Gasteiger partial charge in [0.15, 0.2) is 6.29 Å². The van der Waals surface area contributed by atoms with Crippen LogP contribution in [-0.4, -0.2) is 17.4 Å². The first-order chi connectivity index (χ1) is 8.13. The first-order valence-corrected chi connectivity index (χ1v) is 5.52. The maximum atomic E-state index is 13.6. The molecule has 1 aromatic carbocycles. The Kier molecular flexibility index (Phi) is 3.01. The molecule has 0 saturated heterocycles. The molecule has 0 fully saturated rings. The molecular formula is C12H7FO3S. The molecule has 86 valence electrons. The highest BCUT2D eigenvalue weighted by molar-refractivity contribution is 7.17. The summed E-state index contributed by atoms with van der Waals surface area (Å²) in [6.45, 7) is 0. The van der Waals surface area contributed by atoms with E-state index in [-0.39, 0.29) is 16.0 Å². The number of benzene rings is 1. The van der Waals surface area contributed by atoms with Gasteiger partial charge in [0.1, 0.15) is 10.7 Å². The number of carbonyl (C=O) groups is 2. The van der Waals surface area contributed by atoms with Crippen LogP contribution >= 0.6 is 11.3 Å². The first-order valence-electron chi connectivity index (χ1n) is 4.70.